The van der Waals surface area contributed by atoms with Gasteiger partial charge in [0.25, 0.3) is 0 Å². The molecule has 0 radical (unpaired) electrons. The predicted octanol–water partition coefficient (Wildman–Crippen LogP) is 1.53. The van der Waals surface area contributed by atoms with Gasteiger partial charge >= 0.3 is 0 Å². The number of hydrogen-bond donors (Lipinski definition) is 1. The van der Waals surface area contributed by atoms with Gasteiger partial charge < -0.3 is 9.84 Å². The van der Waals surface area contributed by atoms with Crippen LogP contribution in [0.1, 0.15) is 37.4 Å². The minimum atomic E-state index is 0.0379. The molecule has 1 atom stereocenters. The number of aromatic nitrogens is 5. The summed E-state index contributed by atoms with van der Waals surface area (Å²) in [7, 11) is 0. The molecule has 0 spiro atoms. The van der Waals surface area contributed by atoms with Gasteiger partial charge in [0.1, 0.15) is 0 Å². The molecule has 20 heavy (non-hydrogen) atoms. The van der Waals surface area contributed by atoms with E-state index < -0.39 is 0 Å². The second-order valence-corrected chi connectivity index (χ2v) is 4.55. The molecule has 7 nitrogen and oxygen atoms in total. The minimum Gasteiger partial charge on any atom is -0.339 e. The van der Waals surface area contributed by atoms with Crippen LogP contribution in [0.4, 0.5) is 0 Å². The quantitative estimate of drug-likeness (QED) is 0.758. The summed E-state index contributed by atoms with van der Waals surface area (Å²) in [6.45, 7) is 4.55. The van der Waals surface area contributed by atoms with E-state index in [4.69, 9.17) is 4.52 Å². The Kier molecular flexibility index (Phi) is 3.42. The Morgan fingerprint density at radius 3 is 3.05 bits per heavy atom. The first kappa shape index (κ1) is 12.7. The normalized spacial score (nSPS) is 12.9. The molecule has 0 saturated carbocycles. The van der Waals surface area contributed by atoms with Crippen LogP contribution >= 0.6 is 0 Å². The van der Waals surface area contributed by atoms with Crippen LogP contribution in [0.3, 0.4) is 0 Å². The summed E-state index contributed by atoms with van der Waals surface area (Å²) >= 11 is 0. The van der Waals surface area contributed by atoms with Crippen molar-refractivity contribution >= 4 is 5.65 Å². The molecule has 0 aromatic carbocycles. The lowest BCUT2D eigenvalue weighted by molar-refractivity contribution is 0.373. The van der Waals surface area contributed by atoms with E-state index in [0.29, 0.717) is 18.3 Å². The molecule has 1 N–H and O–H groups in total. The van der Waals surface area contributed by atoms with E-state index >= 15 is 0 Å². The topological polar surface area (TPSA) is 81.1 Å². The number of rotatable bonds is 5. The summed E-state index contributed by atoms with van der Waals surface area (Å²) in [5.41, 5.74) is 0.837. The van der Waals surface area contributed by atoms with E-state index in [1.807, 2.05) is 42.6 Å². The number of nitrogens with zero attached hydrogens (tertiary/aromatic N) is 5. The number of hydrogen-bond acceptors (Lipinski definition) is 6. The Morgan fingerprint density at radius 1 is 1.35 bits per heavy atom. The average molecular weight is 272 g/mol. The number of pyridine rings is 1. The molecular weight excluding hydrogens is 256 g/mol. The number of fused-ring (bicyclic) bond motifs is 1. The molecule has 7 heteroatoms. The van der Waals surface area contributed by atoms with Crippen LogP contribution in [-0.2, 0) is 13.0 Å². The molecular formula is C13H16N6O. The molecule has 0 aliphatic heterocycles. The van der Waals surface area contributed by atoms with Crippen molar-refractivity contribution in [1.82, 2.24) is 30.1 Å². The van der Waals surface area contributed by atoms with Gasteiger partial charge in [0.15, 0.2) is 17.3 Å². The van der Waals surface area contributed by atoms with Crippen LogP contribution in [0, 0.1) is 0 Å². The van der Waals surface area contributed by atoms with Gasteiger partial charge in [0.05, 0.1) is 12.6 Å². The van der Waals surface area contributed by atoms with Gasteiger partial charge in [-0.3, -0.25) is 4.40 Å². The zero-order chi connectivity index (χ0) is 13.9. The van der Waals surface area contributed by atoms with E-state index in [9.17, 15) is 0 Å². The molecule has 0 unspecified atom stereocenters. The van der Waals surface area contributed by atoms with Crippen molar-refractivity contribution in [1.29, 1.82) is 0 Å². The molecule has 0 aliphatic rings. The van der Waals surface area contributed by atoms with Crippen LogP contribution in [-0.4, -0.2) is 24.7 Å². The maximum Gasteiger partial charge on any atom is 0.226 e. The van der Waals surface area contributed by atoms with E-state index in [1.165, 1.54) is 0 Å². The van der Waals surface area contributed by atoms with Gasteiger partial charge in [-0.25, -0.2) is 0 Å². The summed E-state index contributed by atoms with van der Waals surface area (Å²) < 4.78 is 7.04. The molecule has 0 fully saturated rings. The number of nitrogens with one attached hydrogen (secondary N) is 1. The summed E-state index contributed by atoms with van der Waals surface area (Å²) in [4.78, 5) is 4.26. The van der Waals surface area contributed by atoms with Crippen molar-refractivity contribution in [3.05, 3.63) is 41.9 Å². The van der Waals surface area contributed by atoms with Crippen molar-refractivity contribution in [2.24, 2.45) is 0 Å². The van der Waals surface area contributed by atoms with Crippen molar-refractivity contribution < 1.29 is 4.52 Å². The SMILES string of the molecule is CCc1nc(CN[C@H](C)c2nnc3ccccn23)no1. The summed E-state index contributed by atoms with van der Waals surface area (Å²) in [5, 5.41) is 15.6. The second-order valence-electron chi connectivity index (χ2n) is 4.55. The first-order valence-corrected chi connectivity index (χ1v) is 6.62. The smallest absolute Gasteiger partial charge is 0.226 e. The molecule has 104 valence electrons. The van der Waals surface area contributed by atoms with Crippen LogP contribution in [0.15, 0.2) is 28.9 Å². The third kappa shape index (κ3) is 2.39. The molecule has 0 amide bonds. The zero-order valence-electron chi connectivity index (χ0n) is 11.4. The van der Waals surface area contributed by atoms with Crippen molar-refractivity contribution in [2.75, 3.05) is 0 Å². The lowest BCUT2D eigenvalue weighted by atomic mass is 10.3. The van der Waals surface area contributed by atoms with E-state index in [1.54, 1.807) is 0 Å². The van der Waals surface area contributed by atoms with Gasteiger partial charge in [-0.05, 0) is 19.1 Å². The lowest BCUT2D eigenvalue weighted by Crippen LogP contribution is -2.21. The third-order valence-electron chi connectivity index (χ3n) is 3.11. The van der Waals surface area contributed by atoms with Gasteiger partial charge in [-0.2, -0.15) is 4.98 Å². The fourth-order valence-corrected chi connectivity index (χ4v) is 2.00. The largest absolute Gasteiger partial charge is 0.339 e. The Balaban J connectivity index is 1.71. The van der Waals surface area contributed by atoms with Crippen LogP contribution < -0.4 is 5.32 Å². The highest BCUT2D eigenvalue weighted by atomic mass is 16.5. The maximum absolute atomic E-state index is 5.07. The second kappa shape index (κ2) is 5.38. The van der Waals surface area contributed by atoms with Gasteiger partial charge in [0.2, 0.25) is 5.89 Å². The zero-order valence-corrected chi connectivity index (χ0v) is 11.4. The Morgan fingerprint density at radius 2 is 2.25 bits per heavy atom. The lowest BCUT2D eigenvalue weighted by Gasteiger charge is -2.10. The average Bonchev–Trinajstić information content (AvgIpc) is 3.11. The summed E-state index contributed by atoms with van der Waals surface area (Å²) in [6, 6.07) is 5.86. The first-order valence-electron chi connectivity index (χ1n) is 6.62. The fraction of sp³-hybridized carbons (Fsp3) is 0.385. The highest BCUT2D eigenvalue weighted by Gasteiger charge is 2.13. The minimum absolute atomic E-state index is 0.0379. The molecule has 0 saturated heterocycles. The molecule has 0 aliphatic carbocycles. The summed E-state index contributed by atoms with van der Waals surface area (Å²) in [6.07, 6.45) is 2.70. The van der Waals surface area contributed by atoms with Crippen molar-refractivity contribution in [2.45, 2.75) is 32.9 Å². The number of aryl methyl sites for hydroxylation is 1. The standard InChI is InChI=1S/C13H16N6O/c1-3-12-15-10(18-20-12)8-14-9(2)13-17-16-11-6-4-5-7-19(11)13/h4-7,9,14H,3,8H2,1-2H3/t9-/m1/s1. The van der Waals surface area contributed by atoms with Gasteiger partial charge in [0, 0.05) is 12.6 Å². The van der Waals surface area contributed by atoms with E-state index in [0.717, 1.165) is 17.9 Å². The summed E-state index contributed by atoms with van der Waals surface area (Å²) in [5.74, 6) is 2.17. The molecule has 0 bridgehead atoms. The molecule has 3 rings (SSSR count). The Bertz CT molecular complexity index is 704. The molecule has 3 aromatic rings. The van der Waals surface area contributed by atoms with Crippen molar-refractivity contribution in [3.8, 4) is 0 Å². The van der Waals surface area contributed by atoms with Crippen LogP contribution in [0.5, 0.6) is 0 Å². The first-order chi connectivity index (χ1) is 9.78. The highest BCUT2D eigenvalue weighted by Crippen LogP contribution is 2.12. The Labute approximate surface area is 116 Å². The Hall–Kier alpha value is -2.28. The highest BCUT2D eigenvalue weighted by molar-refractivity contribution is 5.37. The van der Waals surface area contributed by atoms with Crippen LogP contribution in [0.25, 0.3) is 5.65 Å². The van der Waals surface area contributed by atoms with E-state index in [-0.39, 0.29) is 6.04 Å². The van der Waals surface area contributed by atoms with Crippen molar-refractivity contribution in [3.63, 3.8) is 0 Å². The molecule has 3 heterocycles. The predicted molar refractivity (Wildman–Crippen MR) is 71.9 cm³/mol. The van der Waals surface area contributed by atoms with Crippen LogP contribution in [0.2, 0.25) is 0 Å². The van der Waals surface area contributed by atoms with E-state index in [2.05, 4.69) is 25.7 Å². The monoisotopic (exact) mass is 272 g/mol. The van der Waals surface area contributed by atoms with Gasteiger partial charge in [-0.15, -0.1) is 10.2 Å². The fourth-order valence-electron chi connectivity index (χ4n) is 2.00. The molecule has 3 aromatic heterocycles. The third-order valence-corrected chi connectivity index (χ3v) is 3.11. The van der Waals surface area contributed by atoms with Gasteiger partial charge in [-0.1, -0.05) is 18.1 Å². The maximum atomic E-state index is 5.07.